The van der Waals surface area contributed by atoms with E-state index in [1.165, 1.54) is 110 Å². The Bertz CT molecular complexity index is 250. The van der Waals surface area contributed by atoms with Crippen LogP contribution in [0.1, 0.15) is 96.8 Å². The number of hydrogen-bond acceptors (Lipinski definition) is 1. The summed E-state index contributed by atoms with van der Waals surface area (Å²) < 4.78 is 0. The maximum absolute atomic E-state index is 2.79. The van der Waals surface area contributed by atoms with Crippen LogP contribution in [0.2, 0.25) is 0 Å². The van der Waals surface area contributed by atoms with E-state index in [2.05, 4.69) is 11.8 Å². The first kappa shape index (κ1) is 17.3. The molecule has 1 heterocycles. The quantitative estimate of drug-likeness (QED) is 0.444. The second kappa shape index (κ2) is 10.6. The number of nitrogens with zero attached hydrogens (tertiary/aromatic N) is 1. The summed E-state index contributed by atoms with van der Waals surface area (Å²) in [6.07, 6.45) is 20.7. The second-order valence-electron chi connectivity index (χ2n) is 7.72. The second-order valence-corrected chi connectivity index (χ2v) is 7.72. The molecule has 0 N–H and O–H groups in total. The highest BCUT2D eigenvalue weighted by Crippen LogP contribution is 2.36. The maximum Gasteiger partial charge on any atom is 0.00123 e. The molecule has 0 spiro atoms. The van der Waals surface area contributed by atoms with Crippen LogP contribution >= 0.6 is 0 Å². The molecule has 0 unspecified atom stereocenters. The van der Waals surface area contributed by atoms with Gasteiger partial charge in [0.15, 0.2) is 0 Å². The number of fused-ring (bicyclic) bond motifs is 1. The Morgan fingerprint density at radius 3 is 2.05 bits per heavy atom. The highest BCUT2D eigenvalue weighted by atomic mass is 15.1. The average molecular weight is 294 g/mol. The smallest absolute Gasteiger partial charge is 0.00123 e. The van der Waals surface area contributed by atoms with Gasteiger partial charge in [0.05, 0.1) is 0 Å². The summed E-state index contributed by atoms with van der Waals surface area (Å²) >= 11 is 0. The van der Waals surface area contributed by atoms with Crippen LogP contribution < -0.4 is 0 Å². The van der Waals surface area contributed by atoms with Gasteiger partial charge >= 0.3 is 0 Å². The first-order valence-electron chi connectivity index (χ1n) is 10.1. The molecule has 1 nitrogen and oxygen atoms in total. The van der Waals surface area contributed by atoms with Crippen molar-refractivity contribution in [1.82, 2.24) is 4.90 Å². The molecule has 21 heavy (non-hydrogen) atoms. The predicted octanol–water partition coefficient (Wildman–Crippen LogP) is 6.03. The van der Waals surface area contributed by atoms with Gasteiger partial charge in [0.1, 0.15) is 0 Å². The lowest BCUT2D eigenvalue weighted by molar-refractivity contribution is 0.0856. The maximum atomic E-state index is 2.79. The van der Waals surface area contributed by atoms with Crippen LogP contribution in [0.25, 0.3) is 0 Å². The highest BCUT2D eigenvalue weighted by molar-refractivity contribution is 4.83. The minimum absolute atomic E-state index is 1.06. The minimum Gasteiger partial charge on any atom is -0.303 e. The fraction of sp³-hybridized carbons (Fsp3) is 1.00. The zero-order valence-corrected chi connectivity index (χ0v) is 14.6. The standard InChI is InChI=1S/C20H39N/c1-2-3-4-5-6-7-8-9-12-16-21-17-15-19-13-10-11-14-20(19)18-21/h19-20H,2-18H2,1H3/t19-,20-/m0/s1. The molecule has 2 aliphatic rings. The van der Waals surface area contributed by atoms with Gasteiger partial charge in [-0.25, -0.2) is 0 Å². The van der Waals surface area contributed by atoms with E-state index in [1.54, 1.807) is 0 Å². The normalized spacial score (nSPS) is 26.7. The lowest BCUT2D eigenvalue weighted by Gasteiger charge is -2.41. The highest BCUT2D eigenvalue weighted by Gasteiger charge is 2.30. The molecule has 1 saturated heterocycles. The van der Waals surface area contributed by atoms with Gasteiger partial charge in [0, 0.05) is 6.54 Å². The molecular weight excluding hydrogens is 254 g/mol. The van der Waals surface area contributed by atoms with Crippen molar-refractivity contribution in [2.24, 2.45) is 11.8 Å². The summed E-state index contributed by atoms with van der Waals surface area (Å²) in [5.74, 6) is 2.16. The fourth-order valence-electron chi connectivity index (χ4n) is 4.53. The molecule has 0 amide bonds. The van der Waals surface area contributed by atoms with Crippen molar-refractivity contribution >= 4 is 0 Å². The zero-order valence-electron chi connectivity index (χ0n) is 14.6. The van der Waals surface area contributed by atoms with Crippen LogP contribution in [-0.2, 0) is 0 Å². The molecule has 2 rings (SSSR count). The predicted molar refractivity (Wildman–Crippen MR) is 93.7 cm³/mol. The van der Waals surface area contributed by atoms with Gasteiger partial charge in [-0.05, 0) is 44.2 Å². The molecule has 2 atom stereocenters. The van der Waals surface area contributed by atoms with Gasteiger partial charge in [0.2, 0.25) is 0 Å². The summed E-state index contributed by atoms with van der Waals surface area (Å²) in [5, 5.41) is 0. The van der Waals surface area contributed by atoms with Crippen molar-refractivity contribution < 1.29 is 0 Å². The third kappa shape index (κ3) is 6.72. The average Bonchev–Trinajstić information content (AvgIpc) is 2.53. The van der Waals surface area contributed by atoms with Crippen molar-refractivity contribution in [2.45, 2.75) is 96.8 Å². The SMILES string of the molecule is CCCCCCCCCCCN1CC[C@@H]2CCCC[C@H]2C1. The van der Waals surface area contributed by atoms with E-state index < -0.39 is 0 Å². The third-order valence-electron chi connectivity index (χ3n) is 5.95. The molecule has 0 bridgehead atoms. The van der Waals surface area contributed by atoms with Crippen LogP contribution in [0.15, 0.2) is 0 Å². The molecule has 2 fully saturated rings. The Morgan fingerprint density at radius 2 is 1.33 bits per heavy atom. The molecule has 0 aromatic heterocycles. The van der Waals surface area contributed by atoms with Crippen molar-refractivity contribution in [1.29, 1.82) is 0 Å². The summed E-state index contributed by atoms with van der Waals surface area (Å²) in [7, 11) is 0. The van der Waals surface area contributed by atoms with Crippen molar-refractivity contribution in [3.8, 4) is 0 Å². The molecule has 124 valence electrons. The van der Waals surface area contributed by atoms with Crippen LogP contribution in [0, 0.1) is 11.8 Å². The Balaban J connectivity index is 1.42. The van der Waals surface area contributed by atoms with E-state index >= 15 is 0 Å². The van der Waals surface area contributed by atoms with Crippen molar-refractivity contribution in [3.63, 3.8) is 0 Å². The van der Waals surface area contributed by atoms with Crippen molar-refractivity contribution in [2.75, 3.05) is 19.6 Å². The molecule has 1 saturated carbocycles. The Morgan fingerprint density at radius 1 is 0.714 bits per heavy atom. The zero-order chi connectivity index (χ0) is 14.8. The summed E-state index contributed by atoms with van der Waals surface area (Å²) in [6.45, 7) is 6.52. The molecular formula is C20H39N. The Kier molecular flexibility index (Phi) is 8.78. The lowest BCUT2D eigenvalue weighted by atomic mass is 9.75. The summed E-state index contributed by atoms with van der Waals surface area (Å²) in [6, 6.07) is 0. The van der Waals surface area contributed by atoms with Gasteiger partial charge < -0.3 is 4.90 Å². The number of unbranched alkanes of at least 4 members (excludes halogenated alkanes) is 8. The van der Waals surface area contributed by atoms with Gasteiger partial charge in [-0.15, -0.1) is 0 Å². The molecule has 0 aromatic rings. The van der Waals surface area contributed by atoms with E-state index in [1.807, 2.05) is 0 Å². The number of rotatable bonds is 10. The first-order valence-corrected chi connectivity index (χ1v) is 10.1. The molecule has 0 radical (unpaired) electrons. The molecule has 1 aliphatic heterocycles. The van der Waals surface area contributed by atoms with E-state index in [0.29, 0.717) is 0 Å². The van der Waals surface area contributed by atoms with E-state index in [-0.39, 0.29) is 0 Å². The molecule has 1 aliphatic carbocycles. The van der Waals surface area contributed by atoms with Crippen LogP contribution in [0.4, 0.5) is 0 Å². The van der Waals surface area contributed by atoms with Crippen LogP contribution in [0.5, 0.6) is 0 Å². The Hall–Kier alpha value is -0.0400. The largest absolute Gasteiger partial charge is 0.303 e. The first-order chi connectivity index (χ1) is 10.4. The summed E-state index contributed by atoms with van der Waals surface area (Å²) in [4.78, 5) is 2.79. The van der Waals surface area contributed by atoms with E-state index in [0.717, 1.165) is 11.8 Å². The number of likely N-dealkylation sites (tertiary alicyclic amines) is 1. The molecule has 0 aromatic carbocycles. The molecule has 1 heteroatoms. The van der Waals surface area contributed by atoms with E-state index in [9.17, 15) is 0 Å². The monoisotopic (exact) mass is 293 g/mol. The fourth-order valence-corrected chi connectivity index (χ4v) is 4.53. The number of hydrogen-bond donors (Lipinski definition) is 0. The lowest BCUT2D eigenvalue weighted by Crippen LogP contribution is -2.42. The van der Waals surface area contributed by atoms with Gasteiger partial charge in [-0.1, -0.05) is 77.6 Å². The Labute approximate surface area is 133 Å². The van der Waals surface area contributed by atoms with Gasteiger partial charge in [-0.2, -0.15) is 0 Å². The van der Waals surface area contributed by atoms with Crippen LogP contribution in [-0.4, -0.2) is 24.5 Å². The minimum atomic E-state index is 1.06. The summed E-state index contributed by atoms with van der Waals surface area (Å²) in [5.41, 5.74) is 0. The van der Waals surface area contributed by atoms with Crippen LogP contribution in [0.3, 0.4) is 0 Å². The van der Waals surface area contributed by atoms with Gasteiger partial charge in [0.25, 0.3) is 0 Å². The van der Waals surface area contributed by atoms with Crippen molar-refractivity contribution in [3.05, 3.63) is 0 Å². The number of piperidine rings is 1. The van der Waals surface area contributed by atoms with Gasteiger partial charge in [-0.3, -0.25) is 0 Å². The van der Waals surface area contributed by atoms with E-state index in [4.69, 9.17) is 0 Å². The topological polar surface area (TPSA) is 3.24 Å². The third-order valence-corrected chi connectivity index (χ3v) is 5.95.